The fourth-order valence-corrected chi connectivity index (χ4v) is 2.66. The molecular formula is C13H23N5O3. The van der Waals surface area contributed by atoms with Gasteiger partial charge in [0, 0.05) is 26.7 Å². The van der Waals surface area contributed by atoms with Crippen molar-refractivity contribution in [2.75, 3.05) is 27.4 Å². The van der Waals surface area contributed by atoms with Crippen molar-refractivity contribution in [3.63, 3.8) is 0 Å². The van der Waals surface area contributed by atoms with Gasteiger partial charge in [0.25, 0.3) is 0 Å². The number of carbonyl (C=O) groups is 1. The van der Waals surface area contributed by atoms with Gasteiger partial charge in [0.05, 0.1) is 18.8 Å². The van der Waals surface area contributed by atoms with Gasteiger partial charge in [-0.25, -0.2) is 4.68 Å². The molecule has 2 atom stereocenters. The number of aromatic nitrogens is 4. The Morgan fingerprint density at radius 2 is 2.19 bits per heavy atom. The molecule has 0 unspecified atom stereocenters. The van der Waals surface area contributed by atoms with Gasteiger partial charge < -0.3 is 14.4 Å². The van der Waals surface area contributed by atoms with Gasteiger partial charge in [-0.15, -0.1) is 5.10 Å². The maximum atomic E-state index is 12.5. The molecule has 1 saturated heterocycles. The van der Waals surface area contributed by atoms with Crippen LogP contribution in [0.4, 0.5) is 0 Å². The van der Waals surface area contributed by atoms with Gasteiger partial charge in [-0.1, -0.05) is 13.8 Å². The molecule has 0 spiro atoms. The summed E-state index contributed by atoms with van der Waals surface area (Å²) < 4.78 is 12.1. The van der Waals surface area contributed by atoms with Crippen molar-refractivity contribution < 1.29 is 14.3 Å². The van der Waals surface area contributed by atoms with E-state index in [9.17, 15) is 4.79 Å². The van der Waals surface area contributed by atoms with Gasteiger partial charge in [0.15, 0.2) is 5.82 Å². The van der Waals surface area contributed by atoms with Crippen molar-refractivity contribution >= 4 is 5.91 Å². The summed E-state index contributed by atoms with van der Waals surface area (Å²) in [5.41, 5.74) is 0. The lowest BCUT2D eigenvalue weighted by Crippen LogP contribution is -2.40. The lowest BCUT2D eigenvalue weighted by molar-refractivity contribution is -0.134. The normalized spacial score (nSPS) is 22.2. The molecule has 0 bridgehead atoms. The SMILES string of the molecule is COC[C@@H]1C[C@H](OC)CN1C(=O)Cn1nnnc1C(C)C. The standard InChI is InChI=1S/C13H23N5O3/c1-9(2)13-14-15-16-18(13)7-12(19)17-6-11(21-4)5-10(17)8-20-3/h9-11H,5-8H2,1-4H3/t10-,11-/m0/s1. The summed E-state index contributed by atoms with van der Waals surface area (Å²) in [6, 6.07) is 0.0476. The Balaban J connectivity index is 2.06. The summed E-state index contributed by atoms with van der Waals surface area (Å²) in [5.74, 6) is 0.882. The second-order valence-electron chi connectivity index (χ2n) is 5.60. The number of nitrogens with zero attached hydrogens (tertiary/aromatic N) is 5. The molecule has 2 rings (SSSR count). The lowest BCUT2D eigenvalue weighted by Gasteiger charge is -2.24. The monoisotopic (exact) mass is 297 g/mol. The number of likely N-dealkylation sites (tertiary alicyclic amines) is 1. The largest absolute Gasteiger partial charge is 0.383 e. The zero-order valence-electron chi connectivity index (χ0n) is 13.0. The molecule has 1 aliphatic heterocycles. The van der Waals surface area contributed by atoms with Crippen molar-refractivity contribution in [2.45, 2.75) is 44.9 Å². The molecule has 118 valence electrons. The minimum Gasteiger partial charge on any atom is -0.383 e. The van der Waals surface area contributed by atoms with Crippen LogP contribution in [0.25, 0.3) is 0 Å². The zero-order chi connectivity index (χ0) is 15.4. The smallest absolute Gasteiger partial charge is 0.244 e. The Kier molecular flexibility index (Phi) is 5.24. The first-order valence-electron chi connectivity index (χ1n) is 7.14. The second kappa shape index (κ2) is 6.95. The molecule has 0 N–H and O–H groups in total. The van der Waals surface area contributed by atoms with Gasteiger partial charge in [0.2, 0.25) is 5.91 Å². The molecule has 2 heterocycles. The van der Waals surface area contributed by atoms with Gasteiger partial charge in [-0.2, -0.15) is 0 Å². The highest BCUT2D eigenvalue weighted by molar-refractivity contribution is 5.76. The quantitative estimate of drug-likeness (QED) is 0.738. The molecule has 0 radical (unpaired) electrons. The first-order chi connectivity index (χ1) is 10.1. The predicted molar refractivity (Wildman–Crippen MR) is 74.7 cm³/mol. The molecule has 8 heteroatoms. The van der Waals surface area contributed by atoms with Crippen molar-refractivity contribution in [3.05, 3.63) is 5.82 Å². The highest BCUT2D eigenvalue weighted by atomic mass is 16.5. The second-order valence-corrected chi connectivity index (χ2v) is 5.60. The summed E-state index contributed by atoms with van der Waals surface area (Å²) in [7, 11) is 3.31. The Labute approximate surface area is 124 Å². The Morgan fingerprint density at radius 1 is 1.43 bits per heavy atom. The number of rotatable bonds is 6. The molecule has 8 nitrogen and oxygen atoms in total. The van der Waals surface area contributed by atoms with Crippen molar-refractivity contribution in [1.29, 1.82) is 0 Å². The summed E-state index contributed by atoms with van der Waals surface area (Å²) >= 11 is 0. The van der Waals surface area contributed by atoms with Gasteiger partial charge in [-0.3, -0.25) is 4.79 Å². The first kappa shape index (κ1) is 15.8. The Morgan fingerprint density at radius 3 is 2.81 bits per heavy atom. The number of methoxy groups -OCH3 is 2. The maximum absolute atomic E-state index is 12.5. The van der Waals surface area contributed by atoms with Crippen LogP contribution in [-0.4, -0.2) is 70.5 Å². The van der Waals surface area contributed by atoms with Gasteiger partial charge in [-0.05, 0) is 16.8 Å². The predicted octanol–water partition coefficient (Wildman–Crippen LogP) is 0.0588. The van der Waals surface area contributed by atoms with Crippen LogP contribution in [0.5, 0.6) is 0 Å². The average Bonchev–Trinajstić information content (AvgIpc) is 3.05. The molecule has 0 aromatic carbocycles. The van der Waals surface area contributed by atoms with Crippen LogP contribution in [0.15, 0.2) is 0 Å². The van der Waals surface area contributed by atoms with E-state index in [2.05, 4.69) is 15.5 Å². The molecule has 1 aromatic heterocycles. The summed E-state index contributed by atoms with van der Waals surface area (Å²) in [6.07, 6.45) is 0.857. The minimum atomic E-state index is -0.00852. The van der Waals surface area contributed by atoms with Crippen LogP contribution >= 0.6 is 0 Å². The van der Waals surface area contributed by atoms with Crippen molar-refractivity contribution in [1.82, 2.24) is 25.1 Å². The summed E-state index contributed by atoms with van der Waals surface area (Å²) in [4.78, 5) is 14.3. The third-order valence-corrected chi connectivity index (χ3v) is 3.75. The number of ether oxygens (including phenoxy) is 2. The lowest BCUT2D eigenvalue weighted by atomic mass is 10.2. The number of carbonyl (C=O) groups excluding carboxylic acids is 1. The molecule has 1 fully saturated rings. The number of tetrazole rings is 1. The highest BCUT2D eigenvalue weighted by Crippen LogP contribution is 2.21. The first-order valence-corrected chi connectivity index (χ1v) is 7.14. The zero-order valence-corrected chi connectivity index (χ0v) is 13.0. The fraction of sp³-hybridized carbons (Fsp3) is 0.846. The van der Waals surface area contributed by atoms with Crippen LogP contribution in [0.1, 0.15) is 32.0 Å². The molecule has 0 saturated carbocycles. The summed E-state index contributed by atoms with van der Waals surface area (Å²) in [5, 5.41) is 11.5. The van der Waals surface area contributed by atoms with E-state index in [0.29, 0.717) is 19.0 Å². The Bertz CT molecular complexity index is 476. The van der Waals surface area contributed by atoms with Crippen molar-refractivity contribution in [3.8, 4) is 0 Å². The van der Waals surface area contributed by atoms with E-state index in [1.807, 2.05) is 18.7 Å². The van der Waals surface area contributed by atoms with E-state index in [1.54, 1.807) is 18.9 Å². The molecule has 1 amide bonds. The number of hydrogen-bond acceptors (Lipinski definition) is 6. The third-order valence-electron chi connectivity index (χ3n) is 3.75. The maximum Gasteiger partial charge on any atom is 0.244 e. The Hall–Kier alpha value is -1.54. The topological polar surface area (TPSA) is 82.4 Å². The van der Waals surface area contributed by atoms with E-state index < -0.39 is 0 Å². The third kappa shape index (κ3) is 3.56. The van der Waals surface area contributed by atoms with E-state index in [0.717, 1.165) is 6.42 Å². The molecule has 0 aliphatic carbocycles. The average molecular weight is 297 g/mol. The van der Waals surface area contributed by atoms with E-state index in [1.165, 1.54) is 0 Å². The van der Waals surface area contributed by atoms with Gasteiger partial charge in [0.1, 0.15) is 6.54 Å². The van der Waals surface area contributed by atoms with Crippen LogP contribution in [-0.2, 0) is 20.8 Å². The minimum absolute atomic E-state index is 0.00852. The summed E-state index contributed by atoms with van der Waals surface area (Å²) in [6.45, 7) is 5.24. The number of hydrogen-bond donors (Lipinski definition) is 0. The highest BCUT2D eigenvalue weighted by Gasteiger charge is 2.35. The van der Waals surface area contributed by atoms with Crippen LogP contribution in [0, 0.1) is 0 Å². The van der Waals surface area contributed by atoms with Crippen LogP contribution < -0.4 is 0 Å². The van der Waals surface area contributed by atoms with E-state index in [4.69, 9.17) is 9.47 Å². The van der Waals surface area contributed by atoms with E-state index in [-0.39, 0.29) is 30.5 Å². The molecule has 1 aromatic rings. The van der Waals surface area contributed by atoms with Crippen molar-refractivity contribution in [2.24, 2.45) is 0 Å². The fourth-order valence-electron chi connectivity index (χ4n) is 2.66. The van der Waals surface area contributed by atoms with Crippen LogP contribution in [0.2, 0.25) is 0 Å². The van der Waals surface area contributed by atoms with E-state index >= 15 is 0 Å². The molecule has 1 aliphatic rings. The molecule has 21 heavy (non-hydrogen) atoms. The number of amides is 1. The van der Waals surface area contributed by atoms with Crippen LogP contribution in [0.3, 0.4) is 0 Å². The van der Waals surface area contributed by atoms with Gasteiger partial charge >= 0.3 is 0 Å². The molecular weight excluding hydrogens is 274 g/mol.